The van der Waals surface area contributed by atoms with E-state index in [4.69, 9.17) is 23.2 Å². The van der Waals surface area contributed by atoms with Crippen molar-refractivity contribution in [3.63, 3.8) is 0 Å². The molecular formula is C11H14BrCl2NO2S. The molecule has 1 aromatic rings. The van der Waals surface area contributed by atoms with Gasteiger partial charge in [-0.2, -0.15) is 0 Å². The number of hydrogen-bond acceptors (Lipinski definition) is 2. The minimum absolute atomic E-state index is 0.0719. The first-order chi connectivity index (χ1) is 8.27. The van der Waals surface area contributed by atoms with Crippen molar-refractivity contribution in [3.8, 4) is 0 Å². The molecule has 0 saturated carbocycles. The number of benzene rings is 1. The van der Waals surface area contributed by atoms with Crippen LogP contribution in [0.2, 0.25) is 10.0 Å². The molecule has 0 aliphatic rings. The van der Waals surface area contributed by atoms with E-state index in [9.17, 15) is 8.42 Å². The number of sulfonamides is 1. The van der Waals surface area contributed by atoms with Crippen LogP contribution in [0.1, 0.15) is 20.3 Å². The Morgan fingerprint density at radius 2 is 1.83 bits per heavy atom. The Morgan fingerprint density at radius 1 is 1.33 bits per heavy atom. The van der Waals surface area contributed by atoms with Crippen LogP contribution in [0.25, 0.3) is 0 Å². The number of rotatable bonds is 5. The molecule has 3 nitrogen and oxygen atoms in total. The molecule has 18 heavy (non-hydrogen) atoms. The van der Waals surface area contributed by atoms with Crippen LogP contribution in [0.5, 0.6) is 0 Å². The average Bonchev–Trinajstić information content (AvgIpc) is 2.24. The molecule has 0 aromatic heterocycles. The zero-order chi connectivity index (χ0) is 13.9. The molecular weight excluding hydrogens is 361 g/mol. The van der Waals surface area contributed by atoms with Crippen LogP contribution in [0, 0.1) is 5.92 Å². The smallest absolute Gasteiger partial charge is 0.211 e. The average molecular weight is 375 g/mol. The Morgan fingerprint density at radius 3 is 2.28 bits per heavy atom. The summed E-state index contributed by atoms with van der Waals surface area (Å²) in [6, 6.07) is 3.01. The van der Waals surface area contributed by atoms with Crippen LogP contribution in [0.3, 0.4) is 0 Å². The van der Waals surface area contributed by atoms with E-state index in [0.29, 0.717) is 11.0 Å². The van der Waals surface area contributed by atoms with Gasteiger partial charge in [0.15, 0.2) is 0 Å². The summed E-state index contributed by atoms with van der Waals surface area (Å²) in [7, 11) is -3.68. The Hall–Kier alpha value is 0.190. The van der Waals surface area contributed by atoms with Gasteiger partial charge in [-0.1, -0.05) is 59.4 Å². The standard InChI is InChI=1S/C11H14BrCl2NO2S/c1-3-7(2)6-15-18(16,17)11-9(13)4-8(12)5-10(11)14/h4-5,7,15H,3,6H2,1-2H3. The molecule has 1 unspecified atom stereocenters. The van der Waals surface area contributed by atoms with Crippen molar-refractivity contribution in [3.05, 3.63) is 26.7 Å². The zero-order valence-corrected chi connectivity index (χ0v) is 13.9. The topological polar surface area (TPSA) is 46.2 Å². The second kappa shape index (κ2) is 6.57. The quantitative estimate of drug-likeness (QED) is 0.843. The highest BCUT2D eigenvalue weighted by Gasteiger charge is 2.22. The number of hydrogen-bond donors (Lipinski definition) is 1. The molecule has 0 aliphatic carbocycles. The fourth-order valence-electron chi connectivity index (χ4n) is 1.25. The Balaban J connectivity index is 3.06. The van der Waals surface area contributed by atoms with Gasteiger partial charge < -0.3 is 0 Å². The Labute approximate surface area is 126 Å². The van der Waals surface area contributed by atoms with Crippen LogP contribution in [-0.2, 0) is 10.0 Å². The van der Waals surface area contributed by atoms with Gasteiger partial charge in [-0.25, -0.2) is 13.1 Å². The van der Waals surface area contributed by atoms with E-state index in [2.05, 4.69) is 20.7 Å². The molecule has 0 amide bonds. The lowest BCUT2D eigenvalue weighted by molar-refractivity contribution is 0.528. The second-order valence-electron chi connectivity index (χ2n) is 4.06. The zero-order valence-electron chi connectivity index (χ0n) is 10.0. The molecule has 1 aromatic carbocycles. The van der Waals surface area contributed by atoms with E-state index in [-0.39, 0.29) is 20.9 Å². The van der Waals surface area contributed by atoms with Gasteiger partial charge in [0.25, 0.3) is 0 Å². The van der Waals surface area contributed by atoms with Crippen molar-refractivity contribution in [2.75, 3.05) is 6.54 Å². The summed E-state index contributed by atoms with van der Waals surface area (Å²) in [6.07, 6.45) is 0.893. The normalized spacial score (nSPS) is 13.6. The predicted molar refractivity (Wildman–Crippen MR) is 78.8 cm³/mol. The minimum Gasteiger partial charge on any atom is -0.211 e. The van der Waals surface area contributed by atoms with Crippen LogP contribution in [-0.4, -0.2) is 15.0 Å². The first-order valence-electron chi connectivity index (χ1n) is 5.42. The Bertz CT molecular complexity index is 511. The van der Waals surface area contributed by atoms with Gasteiger partial charge in [-0.3, -0.25) is 0 Å². The molecule has 102 valence electrons. The SMILES string of the molecule is CCC(C)CNS(=O)(=O)c1c(Cl)cc(Br)cc1Cl. The van der Waals surface area contributed by atoms with Crippen molar-refractivity contribution < 1.29 is 8.42 Å². The van der Waals surface area contributed by atoms with Crippen molar-refractivity contribution in [2.45, 2.75) is 25.2 Å². The monoisotopic (exact) mass is 373 g/mol. The third-order valence-electron chi connectivity index (χ3n) is 2.55. The van der Waals surface area contributed by atoms with Crippen LogP contribution in [0.15, 0.2) is 21.5 Å². The summed E-state index contributed by atoms with van der Waals surface area (Å²) in [5.74, 6) is 0.257. The summed E-state index contributed by atoms with van der Waals surface area (Å²) in [5, 5.41) is 0.206. The predicted octanol–water partition coefficient (Wildman–Crippen LogP) is 4.08. The van der Waals surface area contributed by atoms with Gasteiger partial charge in [-0.05, 0) is 18.1 Å². The highest BCUT2D eigenvalue weighted by Crippen LogP contribution is 2.32. The van der Waals surface area contributed by atoms with Crippen molar-refractivity contribution >= 4 is 49.2 Å². The Kier molecular flexibility index (Phi) is 5.93. The maximum atomic E-state index is 12.1. The molecule has 0 bridgehead atoms. The van der Waals surface area contributed by atoms with E-state index in [1.165, 1.54) is 12.1 Å². The first kappa shape index (κ1) is 16.2. The second-order valence-corrected chi connectivity index (χ2v) is 7.50. The van der Waals surface area contributed by atoms with Crippen molar-refractivity contribution in [2.24, 2.45) is 5.92 Å². The molecule has 0 heterocycles. The molecule has 1 rings (SSSR count). The lowest BCUT2D eigenvalue weighted by Crippen LogP contribution is -2.28. The fraction of sp³-hybridized carbons (Fsp3) is 0.455. The highest BCUT2D eigenvalue weighted by atomic mass is 79.9. The van der Waals surface area contributed by atoms with Gasteiger partial charge in [0.2, 0.25) is 10.0 Å². The molecule has 0 fully saturated rings. The van der Waals surface area contributed by atoms with Gasteiger partial charge >= 0.3 is 0 Å². The molecule has 1 N–H and O–H groups in total. The van der Waals surface area contributed by atoms with Crippen LogP contribution < -0.4 is 4.72 Å². The van der Waals surface area contributed by atoms with Gasteiger partial charge in [0.05, 0.1) is 10.0 Å². The summed E-state index contributed by atoms with van der Waals surface area (Å²) in [6.45, 7) is 4.33. The summed E-state index contributed by atoms with van der Waals surface area (Å²) in [4.78, 5) is -0.0719. The third-order valence-corrected chi connectivity index (χ3v) is 5.35. The number of nitrogens with one attached hydrogen (secondary N) is 1. The minimum atomic E-state index is -3.68. The summed E-state index contributed by atoms with van der Waals surface area (Å²) >= 11 is 15.1. The van der Waals surface area contributed by atoms with Gasteiger partial charge in [0, 0.05) is 11.0 Å². The molecule has 0 spiro atoms. The van der Waals surface area contributed by atoms with Crippen molar-refractivity contribution in [1.29, 1.82) is 0 Å². The number of halogens is 3. The van der Waals surface area contributed by atoms with Crippen LogP contribution >= 0.6 is 39.1 Å². The molecule has 0 radical (unpaired) electrons. The maximum Gasteiger partial charge on any atom is 0.243 e. The largest absolute Gasteiger partial charge is 0.243 e. The van der Waals surface area contributed by atoms with E-state index in [1.807, 2.05) is 13.8 Å². The summed E-state index contributed by atoms with van der Waals surface area (Å²) < 4.78 is 27.4. The first-order valence-corrected chi connectivity index (χ1v) is 8.45. The van der Waals surface area contributed by atoms with E-state index in [1.54, 1.807) is 0 Å². The van der Waals surface area contributed by atoms with Crippen LogP contribution in [0.4, 0.5) is 0 Å². The molecule has 0 aliphatic heterocycles. The summed E-state index contributed by atoms with van der Waals surface area (Å²) in [5.41, 5.74) is 0. The van der Waals surface area contributed by atoms with E-state index < -0.39 is 10.0 Å². The van der Waals surface area contributed by atoms with Gasteiger partial charge in [0.1, 0.15) is 4.90 Å². The maximum absolute atomic E-state index is 12.1. The third kappa shape index (κ3) is 4.10. The molecule has 7 heteroatoms. The highest BCUT2D eigenvalue weighted by molar-refractivity contribution is 9.10. The lowest BCUT2D eigenvalue weighted by atomic mass is 10.1. The molecule has 0 saturated heterocycles. The van der Waals surface area contributed by atoms with Crippen molar-refractivity contribution in [1.82, 2.24) is 4.72 Å². The lowest BCUT2D eigenvalue weighted by Gasteiger charge is -2.13. The molecule has 1 atom stereocenters. The van der Waals surface area contributed by atoms with Gasteiger partial charge in [-0.15, -0.1) is 0 Å². The van der Waals surface area contributed by atoms with E-state index >= 15 is 0 Å². The van der Waals surface area contributed by atoms with E-state index in [0.717, 1.165) is 6.42 Å². The fourth-order valence-corrected chi connectivity index (χ4v) is 4.35.